The van der Waals surface area contributed by atoms with Gasteiger partial charge < -0.3 is 4.74 Å². The molecule has 1 atom stereocenters. The third kappa shape index (κ3) is 3.48. The number of nitrogens with zero attached hydrogens (tertiary/aromatic N) is 1. The molecule has 0 spiro atoms. The lowest BCUT2D eigenvalue weighted by Crippen LogP contribution is -2.10. The van der Waals surface area contributed by atoms with E-state index in [2.05, 4.69) is 4.98 Å². The monoisotopic (exact) mass is 345 g/mol. The summed E-state index contributed by atoms with van der Waals surface area (Å²) in [5.74, 6) is -0.0102. The van der Waals surface area contributed by atoms with Gasteiger partial charge in [-0.25, -0.2) is 9.78 Å². The molecule has 0 aliphatic carbocycles. The van der Waals surface area contributed by atoms with E-state index in [-0.39, 0.29) is 6.61 Å². The first kappa shape index (κ1) is 15.8. The van der Waals surface area contributed by atoms with Gasteiger partial charge in [0, 0.05) is 5.75 Å². The van der Waals surface area contributed by atoms with Gasteiger partial charge in [0.15, 0.2) is 0 Å². The quantitative estimate of drug-likeness (QED) is 0.660. The van der Waals surface area contributed by atoms with E-state index in [0.717, 1.165) is 15.2 Å². The summed E-state index contributed by atoms with van der Waals surface area (Å²) in [5.41, 5.74) is 1.25. The van der Waals surface area contributed by atoms with Crippen molar-refractivity contribution >= 4 is 38.3 Å². The van der Waals surface area contributed by atoms with Gasteiger partial charge in [0.1, 0.15) is 11.6 Å². The Kier molecular flexibility index (Phi) is 4.83. The topological polar surface area (TPSA) is 56.3 Å². The maximum atomic E-state index is 12.3. The second-order valence-corrected chi connectivity index (χ2v) is 7.61. The van der Waals surface area contributed by atoms with E-state index in [9.17, 15) is 9.00 Å². The molecular weight excluding hydrogens is 330 g/mol. The average Bonchev–Trinajstić information content (AvgIpc) is 3.02. The summed E-state index contributed by atoms with van der Waals surface area (Å²) >= 11 is 1.50. The standard InChI is InChI=1S/C17H15NO3S2/c1-2-23(20)15-10-6-3-7-12(15)17(19)21-11-16-18-13-8-4-5-9-14(13)22-16/h3-10H,2,11H2,1H3/t23-/m1/s1. The van der Waals surface area contributed by atoms with E-state index >= 15 is 0 Å². The summed E-state index contributed by atoms with van der Waals surface area (Å²) in [4.78, 5) is 17.2. The van der Waals surface area contributed by atoms with Crippen molar-refractivity contribution in [1.82, 2.24) is 4.98 Å². The van der Waals surface area contributed by atoms with Crippen LogP contribution in [0.2, 0.25) is 0 Å². The van der Waals surface area contributed by atoms with Gasteiger partial charge in [-0.05, 0) is 24.3 Å². The Labute approximate surface area is 140 Å². The minimum absolute atomic E-state index is 0.116. The molecule has 0 bridgehead atoms. The van der Waals surface area contributed by atoms with Gasteiger partial charge in [0.25, 0.3) is 0 Å². The Morgan fingerprint density at radius 1 is 1.17 bits per heavy atom. The average molecular weight is 345 g/mol. The van der Waals surface area contributed by atoms with Crippen LogP contribution in [0.4, 0.5) is 0 Å². The molecule has 0 fully saturated rings. The number of aromatic nitrogens is 1. The highest BCUT2D eigenvalue weighted by atomic mass is 32.2. The number of ether oxygens (including phenoxy) is 1. The van der Waals surface area contributed by atoms with Gasteiger partial charge in [-0.2, -0.15) is 0 Å². The molecule has 1 heterocycles. The van der Waals surface area contributed by atoms with Crippen LogP contribution >= 0.6 is 11.3 Å². The number of thiazole rings is 1. The molecule has 4 nitrogen and oxygen atoms in total. The number of carbonyl (C=O) groups is 1. The zero-order valence-electron chi connectivity index (χ0n) is 12.5. The van der Waals surface area contributed by atoms with Gasteiger partial charge in [0.2, 0.25) is 0 Å². The van der Waals surface area contributed by atoms with Crippen molar-refractivity contribution in [2.24, 2.45) is 0 Å². The van der Waals surface area contributed by atoms with Gasteiger partial charge >= 0.3 is 5.97 Å². The van der Waals surface area contributed by atoms with Crippen molar-refractivity contribution in [3.05, 3.63) is 59.1 Å². The van der Waals surface area contributed by atoms with Crippen molar-refractivity contribution < 1.29 is 13.7 Å². The Morgan fingerprint density at radius 3 is 2.70 bits per heavy atom. The van der Waals surface area contributed by atoms with Crippen LogP contribution in [0.15, 0.2) is 53.4 Å². The predicted molar refractivity (Wildman–Crippen MR) is 92.1 cm³/mol. The number of para-hydroxylation sites is 1. The fourth-order valence-corrected chi connectivity index (χ4v) is 3.99. The molecule has 0 aliphatic rings. The zero-order valence-corrected chi connectivity index (χ0v) is 14.2. The number of carbonyl (C=O) groups excluding carboxylic acids is 1. The predicted octanol–water partition coefficient (Wildman–Crippen LogP) is 3.78. The summed E-state index contributed by atoms with van der Waals surface area (Å²) in [6, 6.07) is 14.6. The maximum Gasteiger partial charge on any atom is 0.339 e. The molecular formula is C17H15NO3S2. The Hall–Kier alpha value is -2.05. The minimum atomic E-state index is -1.20. The Morgan fingerprint density at radius 2 is 1.91 bits per heavy atom. The normalized spacial score (nSPS) is 12.2. The highest BCUT2D eigenvalue weighted by Gasteiger charge is 2.16. The van der Waals surface area contributed by atoms with Crippen LogP contribution in [-0.2, 0) is 22.1 Å². The molecule has 2 aromatic carbocycles. The smallest absolute Gasteiger partial charge is 0.339 e. The summed E-state index contributed by atoms with van der Waals surface area (Å²) in [6.07, 6.45) is 0. The minimum Gasteiger partial charge on any atom is -0.455 e. The number of rotatable bonds is 5. The van der Waals surface area contributed by atoms with Crippen molar-refractivity contribution in [2.75, 3.05) is 5.75 Å². The van der Waals surface area contributed by atoms with E-state index in [4.69, 9.17) is 4.74 Å². The molecule has 0 N–H and O–H groups in total. The molecule has 0 saturated heterocycles. The first-order valence-corrected chi connectivity index (χ1v) is 9.31. The fourth-order valence-electron chi connectivity index (χ4n) is 2.18. The summed E-state index contributed by atoms with van der Waals surface area (Å²) < 4.78 is 18.4. The number of hydrogen-bond donors (Lipinski definition) is 0. The van der Waals surface area contributed by atoms with Crippen molar-refractivity contribution in [3.63, 3.8) is 0 Å². The zero-order chi connectivity index (χ0) is 16.2. The van der Waals surface area contributed by atoms with Crippen LogP contribution < -0.4 is 0 Å². The molecule has 1 aromatic heterocycles. The molecule has 118 valence electrons. The van der Waals surface area contributed by atoms with E-state index in [1.807, 2.05) is 31.2 Å². The van der Waals surface area contributed by atoms with Crippen LogP contribution in [0.5, 0.6) is 0 Å². The SMILES string of the molecule is CC[S@@](=O)c1ccccc1C(=O)OCc1nc2ccccc2s1. The number of esters is 1. The lowest BCUT2D eigenvalue weighted by atomic mass is 10.2. The third-order valence-corrected chi connectivity index (χ3v) is 5.66. The van der Waals surface area contributed by atoms with Gasteiger partial charge in [-0.1, -0.05) is 31.2 Å². The molecule has 23 heavy (non-hydrogen) atoms. The summed E-state index contributed by atoms with van der Waals surface area (Å²) in [6.45, 7) is 1.94. The highest BCUT2D eigenvalue weighted by molar-refractivity contribution is 7.85. The van der Waals surface area contributed by atoms with Crippen LogP contribution in [0.1, 0.15) is 22.3 Å². The lowest BCUT2D eigenvalue weighted by molar-refractivity contribution is 0.0468. The molecule has 0 saturated carbocycles. The molecule has 3 rings (SSSR count). The maximum absolute atomic E-state index is 12.3. The summed E-state index contributed by atoms with van der Waals surface area (Å²) in [7, 11) is -1.20. The van der Waals surface area contributed by atoms with Gasteiger partial charge in [-0.15, -0.1) is 11.3 Å². The van der Waals surface area contributed by atoms with Crippen molar-refractivity contribution in [1.29, 1.82) is 0 Å². The fraction of sp³-hybridized carbons (Fsp3) is 0.176. The largest absolute Gasteiger partial charge is 0.455 e. The van der Waals surface area contributed by atoms with E-state index in [0.29, 0.717) is 16.2 Å². The number of hydrogen-bond acceptors (Lipinski definition) is 5. The van der Waals surface area contributed by atoms with Crippen LogP contribution in [0.25, 0.3) is 10.2 Å². The molecule has 0 radical (unpaired) electrons. The second kappa shape index (κ2) is 7.02. The van der Waals surface area contributed by atoms with Gasteiger partial charge in [-0.3, -0.25) is 4.21 Å². The van der Waals surface area contributed by atoms with E-state index < -0.39 is 16.8 Å². The Bertz CT molecular complexity index is 840. The molecule has 0 amide bonds. The van der Waals surface area contributed by atoms with E-state index in [1.165, 1.54) is 11.3 Å². The van der Waals surface area contributed by atoms with Crippen LogP contribution in [0.3, 0.4) is 0 Å². The third-order valence-electron chi connectivity index (χ3n) is 3.28. The first-order chi connectivity index (χ1) is 11.2. The number of benzene rings is 2. The van der Waals surface area contributed by atoms with Crippen LogP contribution in [0, 0.1) is 0 Å². The molecule has 0 aliphatic heterocycles. The number of fused-ring (bicyclic) bond motifs is 1. The molecule has 6 heteroatoms. The molecule has 0 unspecified atom stereocenters. The second-order valence-electron chi connectivity index (χ2n) is 4.78. The first-order valence-electron chi connectivity index (χ1n) is 7.18. The van der Waals surface area contributed by atoms with Crippen molar-refractivity contribution in [2.45, 2.75) is 18.4 Å². The van der Waals surface area contributed by atoms with Crippen molar-refractivity contribution in [3.8, 4) is 0 Å². The van der Waals surface area contributed by atoms with Gasteiger partial charge in [0.05, 0.1) is 31.5 Å². The highest BCUT2D eigenvalue weighted by Crippen LogP contribution is 2.23. The van der Waals surface area contributed by atoms with E-state index in [1.54, 1.807) is 24.3 Å². The summed E-state index contributed by atoms with van der Waals surface area (Å²) in [5, 5.41) is 0.744. The lowest BCUT2D eigenvalue weighted by Gasteiger charge is -2.07. The Balaban J connectivity index is 1.76. The molecule has 3 aromatic rings. The van der Waals surface area contributed by atoms with Crippen LogP contribution in [-0.4, -0.2) is 20.9 Å².